The molecule has 2 fully saturated rings. The highest BCUT2D eigenvalue weighted by Crippen LogP contribution is 2.37. The number of aromatic nitrogens is 4. The van der Waals surface area contributed by atoms with Crippen LogP contribution in [0.4, 0.5) is 37.7 Å². The predicted octanol–water partition coefficient (Wildman–Crippen LogP) is 4.17. The number of benzene rings is 1. The average Bonchev–Trinajstić information content (AvgIpc) is 3.49. The van der Waals surface area contributed by atoms with Gasteiger partial charge in [0.2, 0.25) is 5.95 Å². The second-order valence-electron chi connectivity index (χ2n) is 8.45. The summed E-state index contributed by atoms with van der Waals surface area (Å²) < 4.78 is 38.3. The molecule has 0 radical (unpaired) electrons. The van der Waals surface area contributed by atoms with Gasteiger partial charge in [-0.05, 0) is 24.6 Å². The molecule has 178 valence electrons. The Balaban J connectivity index is 1.20. The van der Waals surface area contributed by atoms with Crippen LogP contribution in [0.1, 0.15) is 6.42 Å². The van der Waals surface area contributed by atoms with Gasteiger partial charge < -0.3 is 25.0 Å². The van der Waals surface area contributed by atoms with Crippen molar-refractivity contribution in [1.29, 1.82) is 0 Å². The van der Waals surface area contributed by atoms with Crippen molar-refractivity contribution in [3.05, 3.63) is 60.6 Å². The fraction of sp³-hybridized carbons (Fsp3) is 0.250. The summed E-state index contributed by atoms with van der Waals surface area (Å²) in [4.78, 5) is 19.8. The van der Waals surface area contributed by atoms with Crippen LogP contribution in [-0.4, -0.2) is 52.3 Å². The zero-order valence-electron chi connectivity index (χ0n) is 18.7. The number of nitrogens with zero attached hydrogens (tertiary/aromatic N) is 5. The summed E-state index contributed by atoms with van der Waals surface area (Å²) in [5, 5.41) is 6.73. The molecule has 0 aliphatic carbocycles. The third kappa shape index (κ3) is 4.14. The molecule has 11 heteroatoms. The molecule has 0 amide bonds. The molecule has 0 spiro atoms. The van der Waals surface area contributed by atoms with Crippen LogP contribution in [0.15, 0.2) is 48.9 Å². The van der Waals surface area contributed by atoms with Gasteiger partial charge in [0, 0.05) is 30.3 Å². The molecule has 4 aromatic rings. The number of nitrogens with one attached hydrogen (secondary N) is 2. The lowest BCUT2D eigenvalue weighted by Gasteiger charge is -2.29. The Morgan fingerprint density at radius 2 is 1.86 bits per heavy atom. The third-order valence-corrected chi connectivity index (χ3v) is 6.13. The number of rotatable bonds is 6. The maximum absolute atomic E-state index is 13.6. The van der Waals surface area contributed by atoms with Crippen LogP contribution in [0.3, 0.4) is 0 Å². The Morgan fingerprint density at radius 1 is 1.03 bits per heavy atom. The van der Waals surface area contributed by atoms with Crippen molar-refractivity contribution in [3.63, 3.8) is 0 Å². The lowest BCUT2D eigenvalue weighted by Crippen LogP contribution is -2.37. The monoisotopic (exact) mass is 477 g/mol. The molecule has 0 saturated carbocycles. The van der Waals surface area contributed by atoms with Crippen molar-refractivity contribution in [1.82, 2.24) is 19.9 Å². The van der Waals surface area contributed by atoms with Gasteiger partial charge in [0.1, 0.15) is 5.82 Å². The summed E-state index contributed by atoms with van der Waals surface area (Å²) in [6, 6.07) is 7.72. The van der Waals surface area contributed by atoms with Crippen molar-refractivity contribution in [3.8, 4) is 5.75 Å². The smallest absolute Gasteiger partial charge is 0.229 e. The second-order valence-corrected chi connectivity index (χ2v) is 8.45. The minimum absolute atomic E-state index is 0.256. The van der Waals surface area contributed by atoms with Gasteiger partial charge in [0.25, 0.3) is 0 Å². The summed E-state index contributed by atoms with van der Waals surface area (Å²) >= 11 is 0. The van der Waals surface area contributed by atoms with Crippen molar-refractivity contribution in [2.75, 3.05) is 35.8 Å². The lowest BCUT2D eigenvalue weighted by molar-refractivity contribution is 0.0987. The number of pyridine rings is 2. The zero-order valence-corrected chi connectivity index (χ0v) is 18.7. The molecule has 2 aliphatic heterocycles. The van der Waals surface area contributed by atoms with E-state index in [1.807, 2.05) is 6.07 Å². The Labute approximate surface area is 199 Å². The van der Waals surface area contributed by atoms with Crippen LogP contribution in [0, 0.1) is 11.6 Å². The van der Waals surface area contributed by atoms with E-state index in [2.05, 4.69) is 35.5 Å². The van der Waals surface area contributed by atoms with Gasteiger partial charge in [-0.15, -0.1) is 0 Å². The van der Waals surface area contributed by atoms with Crippen LogP contribution in [-0.2, 0) is 4.74 Å². The molecular formula is C24H21F2N7O2. The summed E-state index contributed by atoms with van der Waals surface area (Å²) in [5.74, 6) is 0.440. The van der Waals surface area contributed by atoms with Crippen LogP contribution in [0.2, 0.25) is 0 Å². The Bertz CT molecular complexity index is 1420. The largest absolute Gasteiger partial charge is 0.493 e. The van der Waals surface area contributed by atoms with Gasteiger partial charge in [-0.3, -0.25) is 4.98 Å². The number of hydrogen-bond acceptors (Lipinski definition) is 9. The second kappa shape index (κ2) is 8.58. The third-order valence-electron chi connectivity index (χ3n) is 6.13. The molecule has 2 saturated heterocycles. The highest BCUT2D eigenvalue weighted by molar-refractivity contribution is 5.82. The average molecular weight is 477 g/mol. The molecule has 0 unspecified atom stereocenters. The van der Waals surface area contributed by atoms with E-state index >= 15 is 0 Å². The van der Waals surface area contributed by atoms with E-state index in [1.54, 1.807) is 31.6 Å². The summed E-state index contributed by atoms with van der Waals surface area (Å²) in [6.45, 7) is 1.52. The standard InChI is InChI=1S/C24H21F2N7O2/c1-34-21-6-15(10-29-23(21)33-11-17-7-16(33)12-35-17)31-24-27-3-2-22(32-24)30-14-4-13-5-18(25)19(26)8-20(13)28-9-14/h2-6,8-10,16-17H,7,11-12H2,1H3,(H2,27,30,31,32)/t16-,17-/m1/s1. The van der Waals surface area contributed by atoms with Gasteiger partial charge in [-0.2, -0.15) is 4.98 Å². The topological polar surface area (TPSA) is 97.3 Å². The molecule has 6 rings (SSSR count). The SMILES string of the molecule is COc1cc(Nc2nccc(Nc3cnc4cc(F)c(F)cc4c3)n2)cnc1N1C[C@H]2C[C@@H]1CO2. The fourth-order valence-electron chi connectivity index (χ4n) is 4.49. The zero-order chi connectivity index (χ0) is 23.9. The lowest BCUT2D eigenvalue weighted by atomic mass is 10.2. The minimum atomic E-state index is -0.932. The summed E-state index contributed by atoms with van der Waals surface area (Å²) in [6.07, 6.45) is 6.11. The Morgan fingerprint density at radius 3 is 2.66 bits per heavy atom. The Kier molecular flexibility index (Phi) is 5.25. The first-order valence-electron chi connectivity index (χ1n) is 11.1. The first-order valence-corrected chi connectivity index (χ1v) is 11.1. The minimum Gasteiger partial charge on any atom is -0.493 e. The molecule has 1 aromatic carbocycles. The van der Waals surface area contributed by atoms with Crippen LogP contribution in [0.25, 0.3) is 10.9 Å². The Hall–Kier alpha value is -4.12. The van der Waals surface area contributed by atoms with E-state index in [0.717, 1.165) is 30.9 Å². The number of hydrogen-bond donors (Lipinski definition) is 2. The normalized spacial score (nSPS) is 18.8. The van der Waals surface area contributed by atoms with Crippen molar-refractivity contribution in [2.24, 2.45) is 0 Å². The number of morpholine rings is 1. The van der Waals surface area contributed by atoms with E-state index < -0.39 is 11.6 Å². The van der Waals surface area contributed by atoms with Crippen molar-refractivity contribution in [2.45, 2.75) is 18.6 Å². The van der Waals surface area contributed by atoms with Crippen LogP contribution in [0.5, 0.6) is 5.75 Å². The maximum atomic E-state index is 13.6. The highest BCUT2D eigenvalue weighted by Gasteiger charge is 2.40. The van der Waals surface area contributed by atoms with Gasteiger partial charge in [0.05, 0.1) is 55.1 Å². The molecule has 9 nitrogen and oxygen atoms in total. The molecule has 3 aromatic heterocycles. The number of fused-ring (bicyclic) bond motifs is 3. The van der Waals surface area contributed by atoms with Gasteiger partial charge in [-0.25, -0.2) is 18.7 Å². The van der Waals surface area contributed by atoms with E-state index in [4.69, 9.17) is 9.47 Å². The van der Waals surface area contributed by atoms with Crippen molar-refractivity contribution >= 4 is 39.9 Å². The van der Waals surface area contributed by atoms with E-state index in [-0.39, 0.29) is 6.10 Å². The van der Waals surface area contributed by atoms with Gasteiger partial charge in [0.15, 0.2) is 23.2 Å². The number of methoxy groups -OCH3 is 1. The van der Waals surface area contributed by atoms with E-state index in [1.165, 1.54) is 6.20 Å². The molecule has 2 N–H and O–H groups in total. The predicted molar refractivity (Wildman–Crippen MR) is 127 cm³/mol. The quantitative estimate of drug-likeness (QED) is 0.424. The summed E-state index contributed by atoms with van der Waals surface area (Å²) in [5.41, 5.74) is 1.61. The molecule has 2 aliphatic rings. The highest BCUT2D eigenvalue weighted by atomic mass is 19.2. The van der Waals surface area contributed by atoms with Crippen molar-refractivity contribution < 1.29 is 18.3 Å². The summed E-state index contributed by atoms with van der Waals surface area (Å²) in [7, 11) is 1.62. The number of halogens is 2. The van der Waals surface area contributed by atoms with E-state index in [9.17, 15) is 8.78 Å². The first-order chi connectivity index (χ1) is 17.1. The molecule has 35 heavy (non-hydrogen) atoms. The number of ether oxygens (including phenoxy) is 2. The first kappa shape index (κ1) is 21.4. The van der Waals surface area contributed by atoms with Crippen LogP contribution >= 0.6 is 0 Å². The number of anilines is 5. The van der Waals surface area contributed by atoms with Gasteiger partial charge in [-0.1, -0.05) is 0 Å². The van der Waals surface area contributed by atoms with Gasteiger partial charge >= 0.3 is 0 Å². The maximum Gasteiger partial charge on any atom is 0.229 e. The van der Waals surface area contributed by atoms with E-state index in [0.29, 0.717) is 52.4 Å². The molecule has 2 atom stereocenters. The molecule has 5 heterocycles. The molecular weight excluding hydrogens is 456 g/mol. The fourth-order valence-corrected chi connectivity index (χ4v) is 4.49. The van der Waals surface area contributed by atoms with Crippen LogP contribution < -0.4 is 20.3 Å². The molecule has 2 bridgehead atoms.